The van der Waals surface area contributed by atoms with Gasteiger partial charge in [0, 0.05) is 24.2 Å². The summed E-state index contributed by atoms with van der Waals surface area (Å²) in [4.78, 5) is 24.9. The molecule has 0 atom stereocenters. The first-order valence-electron chi connectivity index (χ1n) is 8.13. The number of hydrogen-bond donors (Lipinski definition) is 3. The highest BCUT2D eigenvalue weighted by Gasteiger charge is 2.16. The second kappa shape index (κ2) is 8.87. The van der Waals surface area contributed by atoms with Gasteiger partial charge >= 0.3 is 0 Å². The summed E-state index contributed by atoms with van der Waals surface area (Å²) in [6, 6.07) is 10.0. The minimum atomic E-state index is -0.374. The third-order valence-electron chi connectivity index (χ3n) is 3.86. The molecule has 2 amide bonds. The zero-order valence-corrected chi connectivity index (χ0v) is 15.1. The van der Waals surface area contributed by atoms with Gasteiger partial charge in [0.2, 0.25) is 0 Å². The van der Waals surface area contributed by atoms with E-state index in [1.54, 1.807) is 36.4 Å². The summed E-state index contributed by atoms with van der Waals surface area (Å²) in [5.41, 5.74) is 7.34. The van der Waals surface area contributed by atoms with E-state index < -0.39 is 0 Å². The van der Waals surface area contributed by atoms with Crippen molar-refractivity contribution in [2.24, 2.45) is 5.73 Å². The SMILES string of the molecule is COc1cc(C(=O)Nc2ccccc2C(=O)NCCN)cc(OC)c1C. The first kappa shape index (κ1) is 19.3. The van der Waals surface area contributed by atoms with E-state index in [1.807, 2.05) is 6.92 Å². The molecule has 2 rings (SSSR count). The van der Waals surface area contributed by atoms with Gasteiger partial charge in [0.05, 0.1) is 25.5 Å². The smallest absolute Gasteiger partial charge is 0.255 e. The van der Waals surface area contributed by atoms with E-state index >= 15 is 0 Å². The molecule has 0 saturated carbocycles. The minimum absolute atomic E-state index is 0.301. The quantitative estimate of drug-likeness (QED) is 0.703. The Balaban J connectivity index is 2.30. The van der Waals surface area contributed by atoms with Crippen LogP contribution in [0.25, 0.3) is 0 Å². The predicted molar refractivity (Wildman–Crippen MR) is 100 cm³/mol. The molecule has 0 heterocycles. The van der Waals surface area contributed by atoms with Crippen LogP contribution in [0.4, 0.5) is 5.69 Å². The highest BCUT2D eigenvalue weighted by Crippen LogP contribution is 2.30. The number of nitrogens with two attached hydrogens (primary N) is 1. The van der Waals surface area contributed by atoms with Crippen LogP contribution in [0.5, 0.6) is 11.5 Å². The van der Waals surface area contributed by atoms with E-state index in [0.717, 1.165) is 5.56 Å². The van der Waals surface area contributed by atoms with Crippen molar-refractivity contribution in [1.29, 1.82) is 0 Å². The fraction of sp³-hybridized carbons (Fsp3) is 0.263. The normalized spacial score (nSPS) is 10.2. The lowest BCUT2D eigenvalue weighted by molar-refractivity contribution is 0.0955. The molecule has 0 radical (unpaired) electrons. The molecule has 0 saturated heterocycles. The topological polar surface area (TPSA) is 103 Å². The number of para-hydroxylation sites is 1. The van der Waals surface area contributed by atoms with E-state index in [0.29, 0.717) is 41.4 Å². The lowest BCUT2D eigenvalue weighted by atomic mass is 10.1. The van der Waals surface area contributed by atoms with E-state index in [-0.39, 0.29) is 11.8 Å². The molecule has 7 heteroatoms. The van der Waals surface area contributed by atoms with Crippen LogP contribution in [0, 0.1) is 6.92 Å². The fourth-order valence-corrected chi connectivity index (χ4v) is 2.48. The average Bonchev–Trinajstić information content (AvgIpc) is 2.66. The molecule has 2 aromatic rings. The maximum absolute atomic E-state index is 12.7. The Hall–Kier alpha value is -3.06. The van der Waals surface area contributed by atoms with Crippen LogP contribution in [-0.2, 0) is 0 Å². The van der Waals surface area contributed by atoms with Gasteiger partial charge in [-0.05, 0) is 31.2 Å². The standard InChI is InChI=1S/C19H23N3O4/c1-12-16(25-2)10-13(11-17(12)26-3)18(23)22-15-7-5-4-6-14(15)19(24)21-9-8-20/h4-7,10-11H,8-9,20H2,1-3H3,(H,21,24)(H,22,23). The lowest BCUT2D eigenvalue weighted by Gasteiger charge is -2.14. The van der Waals surface area contributed by atoms with Crippen molar-refractivity contribution >= 4 is 17.5 Å². The zero-order chi connectivity index (χ0) is 19.1. The zero-order valence-electron chi connectivity index (χ0n) is 15.1. The van der Waals surface area contributed by atoms with Gasteiger partial charge in [-0.1, -0.05) is 12.1 Å². The molecule has 0 aliphatic rings. The molecule has 0 aromatic heterocycles. The number of rotatable bonds is 7. The number of benzene rings is 2. The van der Waals surface area contributed by atoms with Crippen LogP contribution in [0.3, 0.4) is 0 Å². The van der Waals surface area contributed by atoms with Crippen molar-refractivity contribution in [3.8, 4) is 11.5 Å². The van der Waals surface area contributed by atoms with Crippen LogP contribution in [0.15, 0.2) is 36.4 Å². The van der Waals surface area contributed by atoms with Crippen LogP contribution >= 0.6 is 0 Å². The number of carbonyl (C=O) groups is 2. The molecule has 0 fully saturated rings. The molecule has 4 N–H and O–H groups in total. The van der Waals surface area contributed by atoms with E-state index in [2.05, 4.69) is 10.6 Å². The van der Waals surface area contributed by atoms with Crippen LogP contribution in [0.1, 0.15) is 26.3 Å². The highest BCUT2D eigenvalue weighted by molar-refractivity contribution is 6.09. The van der Waals surface area contributed by atoms with Crippen molar-refractivity contribution in [3.63, 3.8) is 0 Å². The Bertz CT molecular complexity index is 780. The summed E-state index contributed by atoms with van der Waals surface area (Å²) in [7, 11) is 3.06. The number of carbonyl (C=O) groups excluding carboxylic acids is 2. The molecule has 0 aliphatic heterocycles. The largest absolute Gasteiger partial charge is 0.496 e. The van der Waals surface area contributed by atoms with Crippen molar-refractivity contribution in [1.82, 2.24) is 5.32 Å². The number of amides is 2. The van der Waals surface area contributed by atoms with Gasteiger partial charge in [0.15, 0.2) is 0 Å². The Morgan fingerprint density at radius 2 is 1.65 bits per heavy atom. The minimum Gasteiger partial charge on any atom is -0.496 e. The van der Waals surface area contributed by atoms with Crippen LogP contribution < -0.4 is 25.8 Å². The fourth-order valence-electron chi connectivity index (χ4n) is 2.48. The van der Waals surface area contributed by atoms with Gasteiger partial charge in [-0.2, -0.15) is 0 Å². The molecule has 2 aromatic carbocycles. The Kier molecular flexibility index (Phi) is 6.57. The van der Waals surface area contributed by atoms with Crippen molar-refractivity contribution < 1.29 is 19.1 Å². The summed E-state index contributed by atoms with van der Waals surface area (Å²) in [6.45, 7) is 2.53. The van der Waals surface area contributed by atoms with Gasteiger partial charge in [-0.15, -0.1) is 0 Å². The van der Waals surface area contributed by atoms with Gasteiger partial charge in [-0.3, -0.25) is 9.59 Å². The predicted octanol–water partition coefficient (Wildman–Crippen LogP) is 1.95. The van der Waals surface area contributed by atoms with E-state index in [4.69, 9.17) is 15.2 Å². The monoisotopic (exact) mass is 357 g/mol. The number of hydrogen-bond acceptors (Lipinski definition) is 5. The first-order chi connectivity index (χ1) is 12.5. The third-order valence-corrected chi connectivity index (χ3v) is 3.86. The molecule has 0 spiro atoms. The molecule has 26 heavy (non-hydrogen) atoms. The van der Waals surface area contributed by atoms with Gasteiger partial charge in [0.1, 0.15) is 11.5 Å². The molecule has 138 valence electrons. The molecule has 0 unspecified atom stereocenters. The van der Waals surface area contributed by atoms with Gasteiger partial charge < -0.3 is 25.8 Å². The lowest BCUT2D eigenvalue weighted by Crippen LogP contribution is -2.30. The van der Waals surface area contributed by atoms with Gasteiger partial charge in [0.25, 0.3) is 11.8 Å². The maximum Gasteiger partial charge on any atom is 0.255 e. The summed E-state index contributed by atoms with van der Waals surface area (Å²) >= 11 is 0. The highest BCUT2D eigenvalue weighted by atomic mass is 16.5. The van der Waals surface area contributed by atoms with Crippen molar-refractivity contribution in [2.75, 3.05) is 32.6 Å². The number of anilines is 1. The number of nitrogens with one attached hydrogen (secondary N) is 2. The Morgan fingerprint density at radius 1 is 1.04 bits per heavy atom. The summed E-state index contributed by atoms with van der Waals surface area (Å²) in [5, 5.41) is 5.45. The maximum atomic E-state index is 12.7. The summed E-state index contributed by atoms with van der Waals surface area (Å²) in [5.74, 6) is 0.415. The van der Waals surface area contributed by atoms with Crippen LogP contribution in [0.2, 0.25) is 0 Å². The van der Waals surface area contributed by atoms with E-state index in [1.165, 1.54) is 14.2 Å². The van der Waals surface area contributed by atoms with E-state index in [9.17, 15) is 9.59 Å². The molecule has 7 nitrogen and oxygen atoms in total. The first-order valence-corrected chi connectivity index (χ1v) is 8.13. The summed E-state index contributed by atoms with van der Waals surface area (Å²) < 4.78 is 10.6. The average molecular weight is 357 g/mol. The number of methoxy groups -OCH3 is 2. The molecule has 0 bridgehead atoms. The second-order valence-electron chi connectivity index (χ2n) is 5.55. The molecular weight excluding hydrogens is 334 g/mol. The van der Waals surface area contributed by atoms with Crippen molar-refractivity contribution in [3.05, 3.63) is 53.1 Å². The second-order valence-corrected chi connectivity index (χ2v) is 5.55. The van der Waals surface area contributed by atoms with Crippen LogP contribution in [-0.4, -0.2) is 39.1 Å². The Labute approximate surface area is 152 Å². The third kappa shape index (κ3) is 4.31. The Morgan fingerprint density at radius 3 is 2.23 bits per heavy atom. The number of ether oxygens (including phenoxy) is 2. The van der Waals surface area contributed by atoms with Crippen molar-refractivity contribution in [2.45, 2.75) is 6.92 Å². The summed E-state index contributed by atoms with van der Waals surface area (Å²) in [6.07, 6.45) is 0. The van der Waals surface area contributed by atoms with Gasteiger partial charge in [-0.25, -0.2) is 0 Å². The molecule has 0 aliphatic carbocycles. The molecular formula is C19H23N3O4.